The normalized spacial score (nSPS) is 10.0. The average molecular weight is 310 g/mol. The van der Waals surface area contributed by atoms with Gasteiger partial charge in [0.05, 0.1) is 5.56 Å². The van der Waals surface area contributed by atoms with E-state index in [1.807, 2.05) is 19.9 Å². The van der Waals surface area contributed by atoms with Crippen LogP contribution in [0.25, 0.3) is 0 Å². The van der Waals surface area contributed by atoms with Gasteiger partial charge in [0.1, 0.15) is 17.6 Å². The third-order valence-electron chi connectivity index (χ3n) is 2.88. The van der Waals surface area contributed by atoms with E-state index in [-0.39, 0.29) is 12.1 Å². The molecule has 0 spiro atoms. The molecule has 2 rings (SSSR count). The Bertz CT molecular complexity index is 733. The van der Waals surface area contributed by atoms with Gasteiger partial charge in [-0.3, -0.25) is 0 Å². The first kappa shape index (κ1) is 16.2. The van der Waals surface area contributed by atoms with Crippen LogP contribution in [0.15, 0.2) is 42.5 Å². The molecule has 4 N–H and O–H groups in total. The smallest absolute Gasteiger partial charge is 0.319 e. The summed E-state index contributed by atoms with van der Waals surface area (Å²) in [5.74, 6) is 0.987. The SMILES string of the molecule is CC(C)NC(=O)Nc1ccc(Oc2ccc(N)cc2C#N)cc1. The second-order valence-electron chi connectivity index (χ2n) is 5.25. The zero-order valence-electron chi connectivity index (χ0n) is 13.0. The van der Waals surface area contributed by atoms with Crippen LogP contribution in [0.1, 0.15) is 19.4 Å². The van der Waals surface area contributed by atoms with Crippen LogP contribution in [0.5, 0.6) is 11.5 Å². The summed E-state index contributed by atoms with van der Waals surface area (Å²) >= 11 is 0. The number of hydrogen-bond donors (Lipinski definition) is 3. The van der Waals surface area contributed by atoms with Crippen molar-refractivity contribution in [3.05, 3.63) is 48.0 Å². The maximum absolute atomic E-state index is 11.6. The van der Waals surface area contributed by atoms with Gasteiger partial charge >= 0.3 is 6.03 Å². The molecule has 2 aromatic carbocycles. The minimum absolute atomic E-state index is 0.0625. The van der Waals surface area contributed by atoms with Gasteiger partial charge in [-0.25, -0.2) is 4.79 Å². The number of carbonyl (C=O) groups is 1. The van der Waals surface area contributed by atoms with Crippen LogP contribution in [0.4, 0.5) is 16.2 Å². The van der Waals surface area contributed by atoms with Gasteiger partial charge in [-0.15, -0.1) is 0 Å². The Hall–Kier alpha value is -3.20. The number of nitrogens with two attached hydrogens (primary N) is 1. The van der Waals surface area contributed by atoms with Gasteiger partial charge in [-0.1, -0.05) is 0 Å². The molecule has 0 saturated carbocycles. The van der Waals surface area contributed by atoms with E-state index < -0.39 is 0 Å². The summed E-state index contributed by atoms with van der Waals surface area (Å²) < 4.78 is 5.67. The van der Waals surface area contributed by atoms with Gasteiger partial charge in [0.2, 0.25) is 0 Å². The molecule has 2 amide bonds. The quantitative estimate of drug-likeness (QED) is 0.753. The summed E-state index contributed by atoms with van der Waals surface area (Å²) in [4.78, 5) is 11.6. The number of hydrogen-bond acceptors (Lipinski definition) is 4. The molecule has 0 unspecified atom stereocenters. The van der Waals surface area contributed by atoms with Crippen molar-refractivity contribution in [2.45, 2.75) is 19.9 Å². The summed E-state index contributed by atoms with van der Waals surface area (Å²) in [6, 6.07) is 13.6. The Morgan fingerprint density at radius 2 is 1.91 bits per heavy atom. The van der Waals surface area contributed by atoms with Crippen LogP contribution in [-0.4, -0.2) is 12.1 Å². The van der Waals surface area contributed by atoms with Crippen LogP contribution in [-0.2, 0) is 0 Å². The molecule has 6 nitrogen and oxygen atoms in total. The first-order valence-electron chi connectivity index (χ1n) is 7.13. The van der Waals surface area contributed by atoms with Crippen LogP contribution in [0, 0.1) is 11.3 Å². The summed E-state index contributed by atoms with van der Waals surface area (Å²) in [5.41, 5.74) is 7.16. The highest BCUT2D eigenvalue weighted by molar-refractivity contribution is 5.89. The molecule has 0 aliphatic rings. The highest BCUT2D eigenvalue weighted by atomic mass is 16.5. The fourth-order valence-electron chi connectivity index (χ4n) is 1.89. The maximum atomic E-state index is 11.6. The lowest BCUT2D eigenvalue weighted by atomic mass is 10.2. The second-order valence-corrected chi connectivity index (χ2v) is 5.25. The molecule has 0 aromatic heterocycles. The first-order chi connectivity index (χ1) is 11.0. The number of amides is 2. The van der Waals surface area contributed by atoms with E-state index in [1.165, 1.54) is 0 Å². The topological polar surface area (TPSA) is 100 Å². The van der Waals surface area contributed by atoms with Gasteiger partial charge in [0.15, 0.2) is 0 Å². The number of nitriles is 1. The minimum atomic E-state index is -0.265. The highest BCUT2D eigenvalue weighted by Gasteiger charge is 2.06. The van der Waals surface area contributed by atoms with Gasteiger partial charge < -0.3 is 21.1 Å². The van der Waals surface area contributed by atoms with E-state index in [4.69, 9.17) is 15.7 Å². The highest BCUT2D eigenvalue weighted by Crippen LogP contribution is 2.27. The minimum Gasteiger partial charge on any atom is -0.456 e. The Kier molecular flexibility index (Phi) is 5.05. The second kappa shape index (κ2) is 7.18. The molecule has 0 bridgehead atoms. The van der Waals surface area contributed by atoms with E-state index in [0.29, 0.717) is 28.4 Å². The summed E-state index contributed by atoms with van der Waals surface area (Å²) in [6.45, 7) is 3.77. The fourth-order valence-corrected chi connectivity index (χ4v) is 1.89. The number of carbonyl (C=O) groups excluding carboxylic acids is 1. The van der Waals surface area contributed by atoms with E-state index in [0.717, 1.165) is 0 Å². The molecule has 0 aliphatic heterocycles. The number of nitrogens with one attached hydrogen (secondary N) is 2. The van der Waals surface area contributed by atoms with Crippen molar-refractivity contribution in [1.29, 1.82) is 5.26 Å². The van der Waals surface area contributed by atoms with Crippen LogP contribution in [0.3, 0.4) is 0 Å². The van der Waals surface area contributed by atoms with Crippen LogP contribution in [0.2, 0.25) is 0 Å². The predicted molar refractivity (Wildman–Crippen MR) is 89.4 cm³/mol. The Balaban J connectivity index is 2.06. The van der Waals surface area contributed by atoms with Crippen molar-refractivity contribution in [1.82, 2.24) is 5.32 Å². The van der Waals surface area contributed by atoms with Gasteiger partial charge in [-0.05, 0) is 56.3 Å². The number of urea groups is 1. The molecule has 0 aliphatic carbocycles. The molecule has 0 atom stereocenters. The number of rotatable bonds is 4. The van der Waals surface area contributed by atoms with Crippen molar-refractivity contribution in [3.8, 4) is 17.6 Å². The molecule has 6 heteroatoms. The number of nitrogens with zero attached hydrogens (tertiary/aromatic N) is 1. The van der Waals surface area contributed by atoms with Crippen LogP contribution >= 0.6 is 0 Å². The molecule has 2 aromatic rings. The van der Waals surface area contributed by atoms with E-state index in [2.05, 4.69) is 10.6 Å². The molecule has 0 heterocycles. The van der Waals surface area contributed by atoms with Crippen molar-refractivity contribution in [2.75, 3.05) is 11.1 Å². The number of nitrogen functional groups attached to an aromatic ring is 1. The maximum Gasteiger partial charge on any atom is 0.319 e. The van der Waals surface area contributed by atoms with E-state index in [1.54, 1.807) is 42.5 Å². The first-order valence-corrected chi connectivity index (χ1v) is 7.13. The lowest BCUT2D eigenvalue weighted by molar-refractivity contribution is 0.250. The summed E-state index contributed by atoms with van der Waals surface area (Å²) in [6.07, 6.45) is 0. The molecule has 0 fully saturated rings. The number of ether oxygens (including phenoxy) is 1. The Morgan fingerprint density at radius 1 is 1.22 bits per heavy atom. The van der Waals surface area contributed by atoms with Crippen molar-refractivity contribution >= 4 is 17.4 Å². The lowest BCUT2D eigenvalue weighted by Gasteiger charge is -2.11. The molecule has 23 heavy (non-hydrogen) atoms. The van der Waals surface area contributed by atoms with Crippen LogP contribution < -0.4 is 21.1 Å². The lowest BCUT2D eigenvalue weighted by Crippen LogP contribution is -2.34. The van der Waals surface area contributed by atoms with Gasteiger partial charge in [-0.2, -0.15) is 5.26 Å². The molecule has 0 radical (unpaired) electrons. The molecular weight excluding hydrogens is 292 g/mol. The molecule has 0 saturated heterocycles. The standard InChI is InChI=1S/C17H18N4O2/c1-11(2)20-17(22)21-14-4-6-15(7-5-14)23-16-8-3-13(19)9-12(16)10-18/h3-9,11H,19H2,1-2H3,(H2,20,21,22). The number of benzene rings is 2. The number of anilines is 2. The third-order valence-corrected chi connectivity index (χ3v) is 2.88. The largest absolute Gasteiger partial charge is 0.456 e. The monoisotopic (exact) mass is 310 g/mol. The Morgan fingerprint density at radius 3 is 2.52 bits per heavy atom. The summed E-state index contributed by atoms with van der Waals surface area (Å²) in [7, 11) is 0. The van der Waals surface area contributed by atoms with Gasteiger partial charge in [0, 0.05) is 17.4 Å². The fraction of sp³-hybridized carbons (Fsp3) is 0.176. The van der Waals surface area contributed by atoms with E-state index >= 15 is 0 Å². The van der Waals surface area contributed by atoms with Crippen molar-refractivity contribution < 1.29 is 9.53 Å². The van der Waals surface area contributed by atoms with E-state index in [9.17, 15) is 4.79 Å². The van der Waals surface area contributed by atoms with Gasteiger partial charge in [0.25, 0.3) is 0 Å². The van der Waals surface area contributed by atoms with Crippen molar-refractivity contribution in [3.63, 3.8) is 0 Å². The Labute approximate surface area is 134 Å². The molecule has 118 valence electrons. The third kappa shape index (κ3) is 4.64. The van der Waals surface area contributed by atoms with Crippen molar-refractivity contribution in [2.24, 2.45) is 0 Å². The zero-order valence-corrected chi connectivity index (χ0v) is 13.0. The average Bonchev–Trinajstić information content (AvgIpc) is 2.50. The molecular formula is C17H18N4O2. The summed E-state index contributed by atoms with van der Waals surface area (Å²) in [5, 5.41) is 14.6. The zero-order chi connectivity index (χ0) is 16.8. The predicted octanol–water partition coefficient (Wildman–Crippen LogP) is 3.46.